The highest BCUT2D eigenvalue weighted by molar-refractivity contribution is 5.76. The van der Waals surface area contributed by atoms with Crippen LogP contribution < -0.4 is 0 Å². The van der Waals surface area contributed by atoms with Crippen LogP contribution in [0.2, 0.25) is 0 Å². The molecule has 2 aromatic rings. The van der Waals surface area contributed by atoms with Crippen LogP contribution in [0.1, 0.15) is 24.8 Å². The average Bonchev–Trinajstić information content (AvgIpc) is 3.11. The number of carbonyl (C=O) groups excluding carboxylic acids is 1. The van der Waals surface area contributed by atoms with Crippen LogP contribution in [0.5, 0.6) is 0 Å². The number of tetrazole rings is 1. The number of hydrogen-bond donors (Lipinski definition) is 0. The fraction of sp³-hybridized carbons (Fsp3) is 0.615. The summed E-state index contributed by atoms with van der Waals surface area (Å²) >= 11 is 0. The Morgan fingerprint density at radius 3 is 3.00 bits per heavy atom. The molecule has 0 radical (unpaired) electrons. The maximum absolute atomic E-state index is 12.5. The zero-order chi connectivity index (χ0) is 14.7. The molecule has 8 heteroatoms. The smallest absolute Gasteiger partial charge is 0.244 e. The maximum atomic E-state index is 12.5. The number of hydrogen-bond acceptors (Lipinski definition) is 5. The van der Waals surface area contributed by atoms with Gasteiger partial charge in [-0.1, -0.05) is 0 Å². The van der Waals surface area contributed by atoms with Crippen molar-refractivity contribution in [3.05, 3.63) is 24.3 Å². The van der Waals surface area contributed by atoms with Crippen molar-refractivity contribution < 1.29 is 4.79 Å². The van der Waals surface area contributed by atoms with Crippen LogP contribution in [0.3, 0.4) is 0 Å². The van der Waals surface area contributed by atoms with E-state index in [1.54, 1.807) is 0 Å². The highest BCUT2D eigenvalue weighted by Gasteiger charge is 2.27. The van der Waals surface area contributed by atoms with Crippen molar-refractivity contribution in [2.24, 2.45) is 0 Å². The summed E-state index contributed by atoms with van der Waals surface area (Å²) in [6.07, 6.45) is 8.54. The van der Waals surface area contributed by atoms with Crippen LogP contribution in [0.15, 0.2) is 18.7 Å². The molecular formula is C13H19N7O. The van der Waals surface area contributed by atoms with Gasteiger partial charge in [0.2, 0.25) is 5.91 Å². The fourth-order valence-electron chi connectivity index (χ4n) is 2.78. The summed E-state index contributed by atoms with van der Waals surface area (Å²) in [5, 5.41) is 15.2. The van der Waals surface area contributed by atoms with E-state index in [2.05, 4.69) is 20.6 Å². The zero-order valence-electron chi connectivity index (χ0n) is 12.1. The topological polar surface area (TPSA) is 81.7 Å². The highest BCUT2D eigenvalue weighted by atomic mass is 16.2. The number of amides is 1. The molecule has 0 aliphatic carbocycles. The first-order valence-electron chi connectivity index (χ1n) is 7.21. The van der Waals surface area contributed by atoms with Crippen LogP contribution in [0.4, 0.5) is 0 Å². The Bertz CT molecular complexity index is 591. The normalized spacial score (nSPS) is 18.9. The van der Waals surface area contributed by atoms with E-state index in [0.717, 1.165) is 37.9 Å². The molecule has 1 amide bonds. The lowest BCUT2D eigenvalue weighted by Crippen LogP contribution is -2.47. The summed E-state index contributed by atoms with van der Waals surface area (Å²) < 4.78 is 3.38. The van der Waals surface area contributed by atoms with Crippen molar-refractivity contribution in [1.29, 1.82) is 0 Å². The Labute approximate surface area is 122 Å². The number of rotatable bonds is 4. The molecule has 1 atom stereocenters. The summed E-state index contributed by atoms with van der Waals surface area (Å²) in [4.78, 5) is 14.4. The first kappa shape index (κ1) is 13.7. The maximum Gasteiger partial charge on any atom is 0.244 e. The van der Waals surface area contributed by atoms with Gasteiger partial charge in [-0.3, -0.25) is 9.48 Å². The minimum atomic E-state index is 0.0656. The van der Waals surface area contributed by atoms with Gasteiger partial charge in [0.1, 0.15) is 12.9 Å². The van der Waals surface area contributed by atoms with E-state index in [0.29, 0.717) is 0 Å². The van der Waals surface area contributed by atoms with Gasteiger partial charge in [-0.2, -0.15) is 5.10 Å². The lowest BCUT2D eigenvalue weighted by Gasteiger charge is -2.35. The molecule has 21 heavy (non-hydrogen) atoms. The third kappa shape index (κ3) is 3.26. The third-order valence-corrected chi connectivity index (χ3v) is 3.80. The molecule has 1 aliphatic heterocycles. The Kier molecular flexibility index (Phi) is 3.94. The van der Waals surface area contributed by atoms with Crippen molar-refractivity contribution in [2.45, 2.75) is 45.3 Å². The van der Waals surface area contributed by atoms with E-state index in [4.69, 9.17) is 0 Å². The highest BCUT2D eigenvalue weighted by Crippen LogP contribution is 2.19. The number of piperidine rings is 1. The molecule has 1 fully saturated rings. The molecule has 0 spiro atoms. The molecule has 2 aromatic heterocycles. The van der Waals surface area contributed by atoms with Crippen molar-refractivity contribution in [3.63, 3.8) is 0 Å². The monoisotopic (exact) mass is 289 g/mol. The minimum Gasteiger partial charge on any atom is -0.336 e. The molecular weight excluding hydrogens is 270 g/mol. The summed E-state index contributed by atoms with van der Waals surface area (Å²) in [6, 6.07) is 0.196. The molecule has 3 rings (SSSR count). The van der Waals surface area contributed by atoms with Gasteiger partial charge in [-0.25, -0.2) is 4.68 Å². The van der Waals surface area contributed by atoms with Crippen molar-refractivity contribution in [3.8, 4) is 0 Å². The van der Waals surface area contributed by atoms with Crippen molar-refractivity contribution in [2.75, 3.05) is 6.54 Å². The van der Waals surface area contributed by atoms with Gasteiger partial charge in [0, 0.05) is 12.7 Å². The van der Waals surface area contributed by atoms with E-state index in [1.165, 1.54) is 11.0 Å². The second-order valence-corrected chi connectivity index (χ2v) is 5.48. The average molecular weight is 289 g/mol. The summed E-state index contributed by atoms with van der Waals surface area (Å²) in [5.74, 6) is 0.0656. The molecule has 0 aromatic carbocycles. The Morgan fingerprint density at radius 2 is 2.29 bits per heavy atom. The second kappa shape index (κ2) is 6.02. The molecule has 112 valence electrons. The number of nitrogens with zero attached hydrogens (tertiary/aromatic N) is 7. The molecule has 3 heterocycles. The molecule has 8 nitrogen and oxygen atoms in total. The van der Waals surface area contributed by atoms with Gasteiger partial charge >= 0.3 is 0 Å². The van der Waals surface area contributed by atoms with Gasteiger partial charge in [0.05, 0.1) is 18.8 Å². The first-order valence-corrected chi connectivity index (χ1v) is 7.21. The largest absolute Gasteiger partial charge is 0.336 e. The lowest BCUT2D eigenvalue weighted by atomic mass is 10.0. The predicted molar refractivity (Wildman–Crippen MR) is 74.1 cm³/mol. The molecule has 1 aliphatic rings. The Morgan fingerprint density at radius 1 is 1.38 bits per heavy atom. The Balaban J connectivity index is 1.67. The summed E-state index contributed by atoms with van der Waals surface area (Å²) in [7, 11) is 0. The molecule has 0 N–H and O–H groups in total. The van der Waals surface area contributed by atoms with Crippen LogP contribution in [0, 0.1) is 6.92 Å². The van der Waals surface area contributed by atoms with Gasteiger partial charge < -0.3 is 4.90 Å². The minimum absolute atomic E-state index is 0.0656. The van der Waals surface area contributed by atoms with E-state index < -0.39 is 0 Å². The van der Waals surface area contributed by atoms with Gasteiger partial charge in [0.25, 0.3) is 0 Å². The number of carbonyl (C=O) groups is 1. The third-order valence-electron chi connectivity index (χ3n) is 3.80. The summed E-state index contributed by atoms with van der Waals surface area (Å²) in [6.45, 7) is 3.76. The number of aryl methyl sites for hydroxylation is 1. The quantitative estimate of drug-likeness (QED) is 0.806. The van der Waals surface area contributed by atoms with Crippen molar-refractivity contribution in [1.82, 2.24) is 34.9 Å². The fourth-order valence-corrected chi connectivity index (χ4v) is 2.78. The van der Waals surface area contributed by atoms with Gasteiger partial charge in [-0.15, -0.1) is 5.10 Å². The lowest BCUT2D eigenvalue weighted by molar-refractivity contribution is -0.136. The standard InChI is InChI=1S/C13H19N7O/c1-11-6-15-18(7-11)8-12-4-2-3-5-20(12)13(21)9-19-10-14-16-17-19/h6-7,10,12H,2-5,8-9H2,1H3/t12-/m0/s1. The van der Waals surface area contributed by atoms with E-state index >= 15 is 0 Å². The van der Waals surface area contributed by atoms with Gasteiger partial charge in [0.15, 0.2) is 0 Å². The van der Waals surface area contributed by atoms with Crippen molar-refractivity contribution >= 4 is 5.91 Å². The first-order chi connectivity index (χ1) is 10.2. The molecule has 0 saturated carbocycles. The van der Waals surface area contributed by atoms with Crippen LogP contribution >= 0.6 is 0 Å². The molecule has 0 bridgehead atoms. The second-order valence-electron chi connectivity index (χ2n) is 5.48. The Hall–Kier alpha value is -2.25. The zero-order valence-corrected chi connectivity index (χ0v) is 12.1. The SMILES string of the molecule is Cc1cnn(C[C@@H]2CCCCN2C(=O)Cn2cnnn2)c1. The van der Waals surface area contributed by atoms with Crippen LogP contribution in [-0.2, 0) is 17.9 Å². The van der Waals surface area contributed by atoms with E-state index in [1.807, 2.05) is 28.9 Å². The van der Waals surface area contributed by atoms with Crippen LogP contribution in [0.25, 0.3) is 0 Å². The summed E-state index contributed by atoms with van der Waals surface area (Å²) in [5.41, 5.74) is 1.14. The number of likely N-dealkylation sites (tertiary alicyclic amines) is 1. The van der Waals surface area contributed by atoms with Gasteiger partial charge in [-0.05, 0) is 42.2 Å². The molecule has 1 saturated heterocycles. The predicted octanol–water partition coefficient (Wildman–Crippen LogP) is 0.259. The van der Waals surface area contributed by atoms with Crippen LogP contribution in [-0.4, -0.2) is 53.4 Å². The van der Waals surface area contributed by atoms with E-state index in [-0.39, 0.29) is 18.5 Å². The van der Waals surface area contributed by atoms with E-state index in [9.17, 15) is 4.79 Å². The number of aromatic nitrogens is 6. The molecule has 0 unspecified atom stereocenters.